The Balaban J connectivity index is 1.49. The van der Waals surface area contributed by atoms with Crippen LogP contribution in [0.4, 0.5) is 0 Å². The van der Waals surface area contributed by atoms with Crippen LogP contribution in [0.2, 0.25) is 0 Å². The van der Waals surface area contributed by atoms with E-state index in [4.69, 9.17) is 4.98 Å². The first kappa shape index (κ1) is 17.2. The molecule has 0 fully saturated rings. The van der Waals surface area contributed by atoms with E-state index in [1.54, 1.807) is 11.8 Å². The first-order valence-electron chi connectivity index (χ1n) is 9.15. The van der Waals surface area contributed by atoms with Crippen LogP contribution >= 0.6 is 11.8 Å². The fraction of sp³-hybridized carbons (Fsp3) is 0.333. The molecule has 26 heavy (non-hydrogen) atoms. The lowest BCUT2D eigenvalue weighted by Gasteiger charge is -2.07. The highest BCUT2D eigenvalue weighted by atomic mass is 32.2. The molecule has 2 heterocycles. The average Bonchev–Trinajstić information content (AvgIpc) is 2.86. The van der Waals surface area contributed by atoms with Crippen LogP contribution in [0, 0.1) is 0 Å². The summed E-state index contributed by atoms with van der Waals surface area (Å²) in [7, 11) is 0. The first-order chi connectivity index (χ1) is 12.7. The van der Waals surface area contributed by atoms with Crippen molar-refractivity contribution in [3.05, 3.63) is 59.4 Å². The van der Waals surface area contributed by atoms with Gasteiger partial charge in [0.2, 0.25) is 0 Å². The number of carbonyl (C=O) groups is 1. The van der Waals surface area contributed by atoms with Gasteiger partial charge in [-0.25, -0.2) is 4.98 Å². The Labute approximate surface area is 158 Å². The Hall–Kier alpha value is -2.27. The Morgan fingerprint density at radius 2 is 2.00 bits per heavy atom. The first-order valence-corrected chi connectivity index (χ1v) is 10.4. The van der Waals surface area contributed by atoms with Gasteiger partial charge in [-0.15, -0.1) is 11.8 Å². The lowest BCUT2D eigenvalue weighted by molar-refractivity contribution is 0.0951. The van der Waals surface area contributed by atoms with Crippen molar-refractivity contribution in [3.63, 3.8) is 0 Å². The number of amides is 1. The topological polar surface area (TPSA) is 46.9 Å². The molecule has 1 amide bonds. The number of thioether (sulfide) groups is 1. The van der Waals surface area contributed by atoms with Gasteiger partial charge in [-0.3, -0.25) is 4.79 Å². The highest BCUT2D eigenvalue weighted by Crippen LogP contribution is 2.23. The Morgan fingerprint density at radius 3 is 2.81 bits per heavy atom. The Bertz CT molecular complexity index is 930. The van der Waals surface area contributed by atoms with E-state index in [0.717, 1.165) is 35.4 Å². The minimum atomic E-state index is -0.0518. The molecule has 134 valence electrons. The van der Waals surface area contributed by atoms with Crippen molar-refractivity contribution < 1.29 is 4.79 Å². The summed E-state index contributed by atoms with van der Waals surface area (Å²) in [5, 5.41) is 3.01. The number of hydrogen-bond acceptors (Lipinski definition) is 3. The van der Waals surface area contributed by atoms with Crippen molar-refractivity contribution in [2.24, 2.45) is 0 Å². The second-order valence-corrected chi connectivity index (χ2v) is 7.60. The predicted molar refractivity (Wildman–Crippen MR) is 107 cm³/mol. The summed E-state index contributed by atoms with van der Waals surface area (Å²) in [6.07, 6.45) is 6.76. The summed E-state index contributed by atoms with van der Waals surface area (Å²) in [4.78, 5) is 18.5. The number of carbonyl (C=O) groups excluding carboxylic acids is 1. The molecule has 0 aliphatic carbocycles. The van der Waals surface area contributed by atoms with Crippen LogP contribution in [0.5, 0.6) is 0 Å². The zero-order valence-corrected chi connectivity index (χ0v) is 15.8. The summed E-state index contributed by atoms with van der Waals surface area (Å²) in [5.41, 5.74) is 3.85. The van der Waals surface area contributed by atoms with Gasteiger partial charge in [0, 0.05) is 30.0 Å². The average molecular weight is 366 g/mol. The monoisotopic (exact) mass is 365 g/mol. The van der Waals surface area contributed by atoms with Crippen LogP contribution < -0.4 is 5.32 Å². The van der Waals surface area contributed by atoms with Gasteiger partial charge in [0.05, 0.1) is 11.0 Å². The lowest BCUT2D eigenvalue weighted by atomic mass is 10.1. The standard InChI is InChI=1S/C21H23N3OS/c1-26-17-9-6-15(7-10-17)14-22-21(25)16-8-11-19-18(13-16)23-20-5-3-2-4-12-24(19)20/h6-11,13H,2-5,12,14H2,1H3,(H,22,25). The third-order valence-corrected chi connectivity index (χ3v) is 5.73. The zero-order chi connectivity index (χ0) is 17.9. The number of nitrogens with one attached hydrogen (secondary N) is 1. The van der Waals surface area contributed by atoms with Crippen LogP contribution in [-0.4, -0.2) is 21.7 Å². The molecule has 3 aromatic rings. The fourth-order valence-corrected chi connectivity index (χ4v) is 3.93. The van der Waals surface area contributed by atoms with Crippen LogP contribution in [0.15, 0.2) is 47.4 Å². The molecule has 0 unspecified atom stereocenters. The van der Waals surface area contributed by atoms with Gasteiger partial charge in [0.1, 0.15) is 5.82 Å². The van der Waals surface area contributed by atoms with Crippen molar-refractivity contribution in [1.29, 1.82) is 0 Å². The number of aryl methyl sites for hydroxylation is 2. The summed E-state index contributed by atoms with van der Waals surface area (Å²) >= 11 is 1.72. The van der Waals surface area contributed by atoms with Gasteiger partial charge in [-0.1, -0.05) is 18.6 Å². The normalized spacial score (nSPS) is 14.0. The SMILES string of the molecule is CSc1ccc(CNC(=O)c2ccc3c(c2)nc2n3CCCCC2)cc1. The van der Waals surface area contributed by atoms with Crippen molar-refractivity contribution in [1.82, 2.24) is 14.9 Å². The minimum absolute atomic E-state index is 0.0518. The molecule has 4 nitrogen and oxygen atoms in total. The quantitative estimate of drug-likeness (QED) is 0.697. The molecule has 5 heteroatoms. The number of fused-ring (bicyclic) bond motifs is 3. The van der Waals surface area contributed by atoms with Gasteiger partial charge in [-0.05, 0) is 55.0 Å². The summed E-state index contributed by atoms with van der Waals surface area (Å²) in [5.74, 6) is 1.10. The predicted octanol–water partition coefficient (Wildman–Crippen LogP) is 4.41. The highest BCUT2D eigenvalue weighted by Gasteiger charge is 2.15. The van der Waals surface area contributed by atoms with E-state index in [9.17, 15) is 4.79 Å². The minimum Gasteiger partial charge on any atom is -0.348 e. The number of aromatic nitrogens is 2. The highest BCUT2D eigenvalue weighted by molar-refractivity contribution is 7.98. The molecule has 1 aromatic heterocycles. The number of nitrogens with zero attached hydrogens (tertiary/aromatic N) is 2. The van der Waals surface area contributed by atoms with Gasteiger partial charge >= 0.3 is 0 Å². The summed E-state index contributed by atoms with van der Waals surface area (Å²) < 4.78 is 2.32. The van der Waals surface area contributed by atoms with Crippen molar-refractivity contribution >= 4 is 28.7 Å². The largest absolute Gasteiger partial charge is 0.348 e. The van der Waals surface area contributed by atoms with Crippen molar-refractivity contribution in [2.45, 2.75) is 43.7 Å². The van der Waals surface area contributed by atoms with E-state index in [1.807, 2.05) is 18.2 Å². The molecule has 0 bridgehead atoms. The number of hydrogen-bond donors (Lipinski definition) is 1. The van der Waals surface area contributed by atoms with E-state index >= 15 is 0 Å². The van der Waals surface area contributed by atoms with E-state index < -0.39 is 0 Å². The molecule has 4 rings (SSSR count). The number of imidazole rings is 1. The fourth-order valence-electron chi connectivity index (χ4n) is 3.52. The third kappa shape index (κ3) is 3.49. The molecular weight excluding hydrogens is 342 g/mol. The third-order valence-electron chi connectivity index (χ3n) is 4.98. The maximum atomic E-state index is 12.5. The van der Waals surface area contributed by atoms with Crippen molar-refractivity contribution in [3.8, 4) is 0 Å². The lowest BCUT2D eigenvalue weighted by Crippen LogP contribution is -2.22. The summed E-state index contributed by atoms with van der Waals surface area (Å²) in [6, 6.07) is 14.1. The molecule has 0 radical (unpaired) electrons. The Kier molecular flexibility index (Phi) is 4.98. The molecule has 1 N–H and O–H groups in total. The van der Waals surface area contributed by atoms with E-state index in [0.29, 0.717) is 12.1 Å². The molecule has 1 aliphatic rings. The van der Waals surface area contributed by atoms with Crippen LogP contribution in [0.1, 0.15) is 41.0 Å². The molecule has 0 saturated carbocycles. The maximum absolute atomic E-state index is 12.5. The van der Waals surface area contributed by atoms with Crippen LogP contribution in [-0.2, 0) is 19.5 Å². The van der Waals surface area contributed by atoms with E-state index in [1.165, 1.54) is 24.2 Å². The van der Waals surface area contributed by atoms with E-state index in [2.05, 4.69) is 40.4 Å². The molecule has 0 atom stereocenters. The molecule has 2 aromatic carbocycles. The maximum Gasteiger partial charge on any atom is 0.251 e. The number of benzene rings is 2. The zero-order valence-electron chi connectivity index (χ0n) is 15.0. The molecule has 1 aliphatic heterocycles. The van der Waals surface area contributed by atoms with Gasteiger partial charge in [0.25, 0.3) is 5.91 Å². The second-order valence-electron chi connectivity index (χ2n) is 6.72. The summed E-state index contributed by atoms with van der Waals surface area (Å²) in [6.45, 7) is 1.56. The van der Waals surface area contributed by atoms with Crippen molar-refractivity contribution in [2.75, 3.05) is 6.26 Å². The van der Waals surface area contributed by atoms with Gasteiger partial charge in [0.15, 0.2) is 0 Å². The van der Waals surface area contributed by atoms with Crippen LogP contribution in [0.25, 0.3) is 11.0 Å². The molecule has 0 saturated heterocycles. The number of rotatable bonds is 4. The Morgan fingerprint density at radius 1 is 1.15 bits per heavy atom. The van der Waals surface area contributed by atoms with E-state index in [-0.39, 0.29) is 5.91 Å². The molecule has 0 spiro atoms. The van der Waals surface area contributed by atoms with Crippen LogP contribution in [0.3, 0.4) is 0 Å². The second kappa shape index (κ2) is 7.54. The molecular formula is C21H23N3OS. The smallest absolute Gasteiger partial charge is 0.251 e. The van der Waals surface area contributed by atoms with Gasteiger partial charge in [-0.2, -0.15) is 0 Å². The van der Waals surface area contributed by atoms with Gasteiger partial charge < -0.3 is 9.88 Å².